The number of likely N-dealkylation sites (tertiary alicyclic amines) is 1. The number of hydrogen-bond donors (Lipinski definition) is 1. The Morgan fingerprint density at radius 1 is 0.911 bits per heavy atom. The summed E-state index contributed by atoms with van der Waals surface area (Å²) in [5.41, 5.74) is -0.372. The largest absolute Gasteiger partial charge is 0.484 e. The van der Waals surface area contributed by atoms with E-state index >= 15 is 0 Å². The lowest BCUT2D eigenvalue weighted by atomic mass is 10.0. The molecular weight excluding hydrogens is 682 g/mol. The number of halogens is 7. The first kappa shape index (κ1) is 40.3. The third-order valence-corrected chi connectivity index (χ3v) is 6.75. The molecule has 0 spiro atoms. The first-order valence-corrected chi connectivity index (χ1v) is 15.7. The second-order valence-electron chi connectivity index (χ2n) is 9.87. The molecule has 258 valence electrons. The van der Waals surface area contributed by atoms with Crippen molar-refractivity contribution in [1.29, 1.82) is 0 Å². The summed E-state index contributed by atoms with van der Waals surface area (Å²) in [7, 11) is 0. The second-order valence-corrected chi connectivity index (χ2v) is 10.7. The molecule has 2 rings (SSSR count). The van der Waals surface area contributed by atoms with E-state index in [1.165, 1.54) is 0 Å². The molecule has 45 heavy (non-hydrogen) atoms. The number of ether oxygens (including phenoxy) is 4. The zero-order valence-corrected chi connectivity index (χ0v) is 27.0. The third kappa shape index (κ3) is 18.7. The molecule has 1 saturated heterocycles. The number of alkyl halides is 7. The van der Waals surface area contributed by atoms with Gasteiger partial charge >= 0.3 is 24.3 Å². The van der Waals surface area contributed by atoms with Crippen molar-refractivity contribution in [3.63, 3.8) is 0 Å². The smallest absolute Gasteiger partial charge is 0.422 e. The highest BCUT2D eigenvalue weighted by atomic mass is 79.9. The molecule has 1 heterocycles. The van der Waals surface area contributed by atoms with Crippen molar-refractivity contribution in [2.45, 2.75) is 77.2 Å². The fourth-order valence-corrected chi connectivity index (χ4v) is 4.50. The van der Waals surface area contributed by atoms with E-state index in [0.717, 1.165) is 55.8 Å². The van der Waals surface area contributed by atoms with Crippen LogP contribution in [0.5, 0.6) is 11.5 Å². The Kier molecular flexibility index (Phi) is 18.9. The third-order valence-electron chi connectivity index (χ3n) is 6.19. The fourth-order valence-electron chi connectivity index (χ4n) is 4.22. The van der Waals surface area contributed by atoms with Gasteiger partial charge in [0.25, 0.3) is 5.91 Å². The molecule has 9 nitrogen and oxygen atoms in total. The lowest BCUT2D eigenvalue weighted by molar-refractivity contribution is -0.154. The standard InChI is InChI=1S/C23H30F6N2O5.C6H11BrO2/c1-2-34-20(32)7-5-11-31-10-4-3-6-16(31)13-30-21(33)18-12-17(35-14-22(24,25)26)8-9-19(18)36-15-23(27,28)29;1-2-9-6(8)4-3-5-7/h8-9,12,16H,2-7,10-11,13-15H2,1H3,(H,30,33);2-5H2,1H3. The van der Waals surface area contributed by atoms with Crippen LogP contribution in [0.1, 0.15) is 69.2 Å². The van der Waals surface area contributed by atoms with Gasteiger partial charge in [-0.1, -0.05) is 22.4 Å². The van der Waals surface area contributed by atoms with Crippen LogP contribution in [0.2, 0.25) is 0 Å². The number of benzene rings is 1. The number of amides is 1. The van der Waals surface area contributed by atoms with Crippen molar-refractivity contribution in [3.05, 3.63) is 23.8 Å². The second kappa shape index (κ2) is 21.1. The lowest BCUT2D eigenvalue weighted by Crippen LogP contribution is -2.47. The summed E-state index contributed by atoms with van der Waals surface area (Å²) in [4.78, 5) is 37.1. The van der Waals surface area contributed by atoms with Crippen molar-refractivity contribution in [2.75, 3.05) is 51.4 Å². The zero-order chi connectivity index (χ0) is 33.9. The molecule has 1 atom stereocenters. The van der Waals surface area contributed by atoms with E-state index in [0.29, 0.717) is 32.6 Å². The lowest BCUT2D eigenvalue weighted by Gasteiger charge is -2.35. The summed E-state index contributed by atoms with van der Waals surface area (Å²) in [6, 6.07) is 2.81. The molecular formula is C29H41BrF6N2O7. The van der Waals surface area contributed by atoms with Crippen molar-refractivity contribution in [3.8, 4) is 11.5 Å². The number of carbonyl (C=O) groups excluding carboxylic acids is 3. The normalized spacial score (nSPS) is 15.4. The molecule has 1 amide bonds. The quantitative estimate of drug-likeness (QED) is 0.122. The van der Waals surface area contributed by atoms with Gasteiger partial charge in [-0.15, -0.1) is 0 Å². The SMILES string of the molecule is CCOC(=O)CCCBr.CCOC(=O)CCCN1CCCCC1CNC(=O)c1cc(OCC(F)(F)F)ccc1OCC(F)(F)F. The van der Waals surface area contributed by atoms with E-state index in [1.807, 2.05) is 6.92 Å². The summed E-state index contributed by atoms with van der Waals surface area (Å²) >= 11 is 3.22. The van der Waals surface area contributed by atoms with Crippen LogP contribution in [0.3, 0.4) is 0 Å². The van der Waals surface area contributed by atoms with Gasteiger partial charge in [-0.2, -0.15) is 26.3 Å². The minimum atomic E-state index is -4.68. The van der Waals surface area contributed by atoms with Crippen LogP contribution in [0, 0.1) is 0 Å². The fraction of sp³-hybridized carbons (Fsp3) is 0.690. The predicted molar refractivity (Wildman–Crippen MR) is 157 cm³/mol. The van der Waals surface area contributed by atoms with Crippen LogP contribution in [0.15, 0.2) is 18.2 Å². The molecule has 0 radical (unpaired) electrons. The maximum absolute atomic E-state index is 12.8. The molecule has 1 unspecified atom stereocenters. The molecule has 1 aliphatic rings. The Morgan fingerprint density at radius 2 is 1.51 bits per heavy atom. The number of rotatable bonds is 16. The molecule has 1 N–H and O–H groups in total. The number of piperidine rings is 1. The summed E-state index contributed by atoms with van der Waals surface area (Å²) in [6.07, 6.45) is -4.49. The maximum atomic E-state index is 12.8. The molecule has 0 aliphatic carbocycles. The van der Waals surface area contributed by atoms with Crippen LogP contribution in [0.4, 0.5) is 26.3 Å². The minimum Gasteiger partial charge on any atom is -0.484 e. The Hall–Kier alpha value is -2.75. The number of nitrogens with one attached hydrogen (secondary N) is 1. The molecule has 16 heteroatoms. The first-order valence-electron chi connectivity index (χ1n) is 14.6. The Bertz CT molecular complexity index is 1040. The van der Waals surface area contributed by atoms with Crippen molar-refractivity contribution >= 4 is 33.8 Å². The van der Waals surface area contributed by atoms with E-state index in [2.05, 4.69) is 35.6 Å². The number of carbonyl (C=O) groups is 3. The van der Waals surface area contributed by atoms with E-state index < -0.39 is 37.2 Å². The number of hydrogen-bond acceptors (Lipinski definition) is 8. The summed E-state index contributed by atoms with van der Waals surface area (Å²) < 4.78 is 94.3. The highest BCUT2D eigenvalue weighted by Gasteiger charge is 2.31. The van der Waals surface area contributed by atoms with Crippen molar-refractivity contribution < 1.29 is 59.7 Å². The Labute approximate surface area is 267 Å². The van der Waals surface area contributed by atoms with Crippen molar-refractivity contribution in [1.82, 2.24) is 10.2 Å². The molecule has 1 fully saturated rings. The van der Waals surface area contributed by atoms with E-state index in [4.69, 9.17) is 9.47 Å². The van der Waals surface area contributed by atoms with E-state index in [9.17, 15) is 40.7 Å². The van der Waals surface area contributed by atoms with Crippen LogP contribution < -0.4 is 14.8 Å². The van der Waals surface area contributed by atoms with Crippen LogP contribution in [0.25, 0.3) is 0 Å². The van der Waals surface area contributed by atoms with Crippen LogP contribution in [-0.2, 0) is 19.1 Å². The Morgan fingerprint density at radius 3 is 2.09 bits per heavy atom. The monoisotopic (exact) mass is 722 g/mol. The van der Waals surface area contributed by atoms with Crippen molar-refractivity contribution in [2.24, 2.45) is 0 Å². The minimum absolute atomic E-state index is 0.0749. The van der Waals surface area contributed by atoms with Crippen LogP contribution in [-0.4, -0.2) is 92.5 Å². The van der Waals surface area contributed by atoms with Gasteiger partial charge in [0.05, 0.1) is 18.8 Å². The summed E-state index contributed by atoms with van der Waals surface area (Å²) in [5.74, 6) is -1.97. The average Bonchev–Trinajstić information content (AvgIpc) is 2.97. The number of esters is 2. The van der Waals surface area contributed by atoms with E-state index in [1.54, 1.807) is 6.92 Å². The zero-order valence-electron chi connectivity index (χ0n) is 25.4. The first-order chi connectivity index (χ1) is 21.2. The molecule has 0 saturated carbocycles. The summed E-state index contributed by atoms with van der Waals surface area (Å²) in [5, 5.41) is 3.51. The van der Waals surface area contributed by atoms with Crippen LogP contribution >= 0.6 is 15.9 Å². The molecule has 1 aromatic carbocycles. The molecule has 0 aromatic heterocycles. The molecule has 1 aliphatic heterocycles. The molecule has 0 bridgehead atoms. The topological polar surface area (TPSA) is 103 Å². The van der Waals surface area contributed by atoms with Gasteiger partial charge in [0, 0.05) is 30.8 Å². The highest BCUT2D eigenvalue weighted by molar-refractivity contribution is 9.09. The van der Waals surface area contributed by atoms with E-state index in [-0.39, 0.29) is 42.3 Å². The predicted octanol–water partition coefficient (Wildman–Crippen LogP) is 6.22. The Balaban J connectivity index is 0.000000975. The highest BCUT2D eigenvalue weighted by Crippen LogP contribution is 2.28. The van der Waals surface area contributed by atoms with Gasteiger partial charge in [0.2, 0.25) is 0 Å². The number of nitrogens with zero attached hydrogens (tertiary/aromatic N) is 1. The maximum Gasteiger partial charge on any atom is 0.422 e. The van der Waals surface area contributed by atoms with Gasteiger partial charge in [-0.3, -0.25) is 19.3 Å². The van der Waals surface area contributed by atoms with Gasteiger partial charge in [-0.25, -0.2) is 0 Å². The molecule has 1 aromatic rings. The van der Waals surface area contributed by atoms with Gasteiger partial charge in [0.15, 0.2) is 13.2 Å². The average molecular weight is 724 g/mol. The van der Waals surface area contributed by atoms with Gasteiger partial charge in [-0.05, 0) is 70.8 Å². The van der Waals surface area contributed by atoms with Gasteiger partial charge in [0.1, 0.15) is 11.5 Å². The summed E-state index contributed by atoms with van der Waals surface area (Å²) in [6.45, 7) is 2.53. The van der Waals surface area contributed by atoms with Gasteiger partial charge < -0.3 is 24.3 Å².